The van der Waals surface area contributed by atoms with Gasteiger partial charge in [0.05, 0.1) is 0 Å². The predicted octanol–water partition coefficient (Wildman–Crippen LogP) is 3.16. The van der Waals surface area contributed by atoms with Crippen LogP contribution in [0, 0.1) is 17.8 Å². The molecule has 1 aliphatic heterocycles. The highest BCUT2D eigenvalue weighted by Gasteiger charge is 2.43. The van der Waals surface area contributed by atoms with Gasteiger partial charge in [-0.15, -0.1) is 0 Å². The van der Waals surface area contributed by atoms with Crippen LogP contribution < -0.4 is 10.6 Å². The summed E-state index contributed by atoms with van der Waals surface area (Å²) in [7, 11) is 0. The number of aliphatic imine (C=N–C) groups is 1. The van der Waals surface area contributed by atoms with Gasteiger partial charge in [0.2, 0.25) is 5.91 Å². The van der Waals surface area contributed by atoms with Gasteiger partial charge in [-0.2, -0.15) is 0 Å². The smallest absolute Gasteiger partial charge is 0.225 e. The van der Waals surface area contributed by atoms with Crippen molar-refractivity contribution in [1.29, 1.82) is 0 Å². The number of nitrogens with zero attached hydrogens (tertiary/aromatic N) is 2. The summed E-state index contributed by atoms with van der Waals surface area (Å²) in [4.78, 5) is 18.8. The molecule has 2 atom stereocenters. The zero-order chi connectivity index (χ0) is 18.5. The van der Waals surface area contributed by atoms with Crippen LogP contribution in [0.5, 0.6) is 0 Å². The lowest BCUT2D eigenvalue weighted by Crippen LogP contribution is -2.51. The molecule has 2 saturated carbocycles. The fourth-order valence-electron chi connectivity index (χ4n) is 4.73. The monoisotopic (exact) mass is 362 g/mol. The average molecular weight is 363 g/mol. The molecule has 3 rings (SSSR count). The molecule has 5 heteroatoms. The molecule has 0 bridgehead atoms. The quantitative estimate of drug-likeness (QED) is 0.583. The molecule has 2 aliphatic carbocycles. The van der Waals surface area contributed by atoms with Gasteiger partial charge in [0.25, 0.3) is 0 Å². The number of amides is 1. The van der Waals surface area contributed by atoms with Crippen molar-refractivity contribution in [3.05, 3.63) is 0 Å². The molecule has 148 valence electrons. The second kappa shape index (κ2) is 9.09. The van der Waals surface area contributed by atoms with Crippen LogP contribution in [-0.2, 0) is 4.79 Å². The van der Waals surface area contributed by atoms with Gasteiger partial charge in [0, 0.05) is 37.6 Å². The number of hydrogen-bond donors (Lipinski definition) is 2. The number of rotatable bonds is 5. The van der Waals surface area contributed by atoms with Crippen molar-refractivity contribution in [1.82, 2.24) is 15.5 Å². The van der Waals surface area contributed by atoms with Crippen LogP contribution >= 0.6 is 0 Å². The maximum absolute atomic E-state index is 12.1. The van der Waals surface area contributed by atoms with Crippen LogP contribution in [-0.4, -0.2) is 48.5 Å². The lowest BCUT2D eigenvalue weighted by molar-refractivity contribution is -0.135. The van der Waals surface area contributed by atoms with Gasteiger partial charge in [-0.05, 0) is 38.0 Å². The van der Waals surface area contributed by atoms with E-state index in [1.807, 2.05) is 18.7 Å². The Morgan fingerprint density at radius 1 is 1.08 bits per heavy atom. The molecule has 0 aromatic carbocycles. The molecule has 1 saturated heterocycles. The van der Waals surface area contributed by atoms with Crippen LogP contribution in [0.3, 0.4) is 0 Å². The van der Waals surface area contributed by atoms with Gasteiger partial charge in [-0.1, -0.05) is 46.0 Å². The van der Waals surface area contributed by atoms with Crippen LogP contribution in [0.25, 0.3) is 0 Å². The van der Waals surface area contributed by atoms with Crippen molar-refractivity contribution in [2.75, 3.05) is 19.6 Å². The Labute approximate surface area is 159 Å². The summed E-state index contributed by atoms with van der Waals surface area (Å²) in [5.41, 5.74) is 0. The zero-order valence-corrected chi connectivity index (χ0v) is 17.0. The highest BCUT2D eigenvalue weighted by atomic mass is 16.2. The molecule has 1 heterocycles. The van der Waals surface area contributed by atoms with E-state index in [0.29, 0.717) is 12.1 Å². The number of likely N-dealkylation sites (tertiary alicyclic amines) is 1. The maximum Gasteiger partial charge on any atom is 0.225 e. The SMILES string of the molecule is CCN=C(NC1CCN(C(=O)C(C)C)CC1)NC1CC1C1CCCCC1. The van der Waals surface area contributed by atoms with Crippen LogP contribution in [0.4, 0.5) is 0 Å². The molecule has 0 spiro atoms. The average Bonchev–Trinajstić information content (AvgIpc) is 3.42. The number of piperidine rings is 1. The number of hydrogen-bond acceptors (Lipinski definition) is 2. The fourth-order valence-corrected chi connectivity index (χ4v) is 4.73. The van der Waals surface area contributed by atoms with Crippen molar-refractivity contribution in [2.24, 2.45) is 22.7 Å². The Balaban J connectivity index is 1.43. The van der Waals surface area contributed by atoms with Gasteiger partial charge in [0.15, 0.2) is 5.96 Å². The zero-order valence-electron chi connectivity index (χ0n) is 17.0. The third-order valence-corrected chi connectivity index (χ3v) is 6.37. The molecule has 0 aromatic rings. The molecule has 0 radical (unpaired) electrons. The van der Waals surface area contributed by atoms with E-state index in [1.54, 1.807) is 0 Å². The van der Waals surface area contributed by atoms with E-state index >= 15 is 0 Å². The fraction of sp³-hybridized carbons (Fsp3) is 0.905. The summed E-state index contributed by atoms with van der Waals surface area (Å²) in [5, 5.41) is 7.34. The maximum atomic E-state index is 12.1. The molecule has 1 amide bonds. The first-order valence-electron chi connectivity index (χ1n) is 10.9. The Hall–Kier alpha value is -1.26. The van der Waals surface area contributed by atoms with Crippen molar-refractivity contribution < 1.29 is 4.79 Å². The summed E-state index contributed by atoms with van der Waals surface area (Å²) < 4.78 is 0. The molecular weight excluding hydrogens is 324 g/mol. The normalized spacial score (nSPS) is 28.3. The molecule has 2 N–H and O–H groups in total. The van der Waals surface area contributed by atoms with Gasteiger partial charge in [-0.3, -0.25) is 9.79 Å². The Kier molecular flexibility index (Phi) is 6.82. The van der Waals surface area contributed by atoms with Crippen molar-refractivity contribution in [3.63, 3.8) is 0 Å². The van der Waals surface area contributed by atoms with Gasteiger partial charge >= 0.3 is 0 Å². The first kappa shape index (κ1) is 19.5. The van der Waals surface area contributed by atoms with E-state index < -0.39 is 0 Å². The van der Waals surface area contributed by atoms with E-state index in [4.69, 9.17) is 0 Å². The van der Waals surface area contributed by atoms with E-state index in [9.17, 15) is 4.79 Å². The second-order valence-electron chi connectivity index (χ2n) is 8.77. The number of carbonyl (C=O) groups excluding carboxylic acids is 1. The number of nitrogens with one attached hydrogen (secondary N) is 2. The third-order valence-electron chi connectivity index (χ3n) is 6.37. The summed E-state index contributed by atoms with van der Waals surface area (Å²) >= 11 is 0. The molecular formula is C21H38N4O. The number of carbonyl (C=O) groups is 1. The topological polar surface area (TPSA) is 56.7 Å². The van der Waals surface area contributed by atoms with Crippen molar-refractivity contribution >= 4 is 11.9 Å². The molecule has 3 aliphatic rings. The summed E-state index contributed by atoms with van der Waals surface area (Å²) in [6.45, 7) is 8.60. The van der Waals surface area contributed by atoms with Crippen molar-refractivity contribution in [2.45, 2.75) is 84.2 Å². The van der Waals surface area contributed by atoms with E-state index in [1.165, 1.54) is 38.5 Å². The molecule has 26 heavy (non-hydrogen) atoms. The van der Waals surface area contributed by atoms with Crippen LogP contribution in [0.15, 0.2) is 4.99 Å². The Bertz CT molecular complexity index is 490. The largest absolute Gasteiger partial charge is 0.354 e. The van der Waals surface area contributed by atoms with Crippen LogP contribution in [0.2, 0.25) is 0 Å². The standard InChI is InChI=1S/C21H38N4O/c1-4-22-21(24-19-14-18(19)16-8-6-5-7-9-16)23-17-10-12-25(13-11-17)20(26)15(2)3/h15-19H,4-14H2,1-3H3,(H2,22,23,24). The van der Waals surface area contributed by atoms with E-state index in [-0.39, 0.29) is 11.8 Å². The van der Waals surface area contributed by atoms with Gasteiger partial charge < -0.3 is 15.5 Å². The first-order valence-corrected chi connectivity index (χ1v) is 10.9. The Morgan fingerprint density at radius 3 is 2.38 bits per heavy atom. The molecule has 2 unspecified atom stereocenters. The summed E-state index contributed by atoms with van der Waals surface area (Å²) in [5.74, 6) is 3.19. The molecule has 0 aromatic heterocycles. The lowest BCUT2D eigenvalue weighted by Gasteiger charge is -2.34. The minimum absolute atomic E-state index is 0.102. The van der Waals surface area contributed by atoms with Crippen LogP contribution in [0.1, 0.15) is 72.1 Å². The van der Waals surface area contributed by atoms with E-state index in [0.717, 1.165) is 50.3 Å². The number of guanidine groups is 1. The van der Waals surface area contributed by atoms with Crippen molar-refractivity contribution in [3.8, 4) is 0 Å². The third kappa shape index (κ3) is 5.14. The highest BCUT2D eigenvalue weighted by molar-refractivity contribution is 5.81. The summed E-state index contributed by atoms with van der Waals surface area (Å²) in [6.07, 6.45) is 10.5. The predicted molar refractivity (Wildman–Crippen MR) is 107 cm³/mol. The summed E-state index contributed by atoms with van der Waals surface area (Å²) in [6, 6.07) is 1.05. The molecule has 3 fully saturated rings. The Morgan fingerprint density at radius 2 is 1.77 bits per heavy atom. The molecule has 5 nitrogen and oxygen atoms in total. The van der Waals surface area contributed by atoms with E-state index in [2.05, 4.69) is 22.5 Å². The minimum atomic E-state index is 0.102. The first-order chi connectivity index (χ1) is 12.6. The van der Waals surface area contributed by atoms with Gasteiger partial charge in [0.1, 0.15) is 0 Å². The highest BCUT2D eigenvalue weighted by Crippen LogP contribution is 2.44. The lowest BCUT2D eigenvalue weighted by atomic mass is 9.85. The minimum Gasteiger partial charge on any atom is -0.354 e. The van der Waals surface area contributed by atoms with Gasteiger partial charge in [-0.25, -0.2) is 0 Å². The second-order valence-corrected chi connectivity index (χ2v) is 8.77.